The number of rotatable bonds is 3. The van der Waals surface area contributed by atoms with Gasteiger partial charge in [-0.2, -0.15) is 0 Å². The molecule has 3 nitrogen and oxygen atoms in total. The molecule has 1 aliphatic heterocycles. The maximum absolute atomic E-state index is 12.0. The van der Waals surface area contributed by atoms with Gasteiger partial charge in [0.15, 0.2) is 0 Å². The lowest BCUT2D eigenvalue weighted by Gasteiger charge is -2.18. The normalized spacial score (nSPS) is 14.9. The van der Waals surface area contributed by atoms with Crippen molar-refractivity contribution in [2.45, 2.75) is 26.7 Å². The summed E-state index contributed by atoms with van der Waals surface area (Å²) in [6.45, 7) is 6.34. The lowest BCUT2D eigenvalue weighted by molar-refractivity contribution is -0.128. The Morgan fingerprint density at radius 2 is 1.83 bits per heavy atom. The fourth-order valence-electron chi connectivity index (χ4n) is 2.43. The number of anilines is 1. The monoisotopic (exact) mass is 310 g/mol. The van der Waals surface area contributed by atoms with E-state index < -0.39 is 0 Å². The van der Waals surface area contributed by atoms with Gasteiger partial charge in [-0.3, -0.25) is 4.79 Å². The van der Waals surface area contributed by atoms with Crippen molar-refractivity contribution in [2.24, 2.45) is 0 Å². The molecule has 0 unspecified atom stereocenters. The lowest BCUT2D eigenvalue weighted by Crippen LogP contribution is -2.33. The molecule has 0 saturated carbocycles. The van der Waals surface area contributed by atoms with E-state index in [1.54, 1.807) is 0 Å². The molecule has 0 atom stereocenters. The summed E-state index contributed by atoms with van der Waals surface area (Å²) < 4.78 is 1.08. The highest BCUT2D eigenvalue weighted by molar-refractivity contribution is 9.10. The van der Waals surface area contributed by atoms with E-state index in [0.29, 0.717) is 6.54 Å². The molecule has 1 aliphatic rings. The summed E-state index contributed by atoms with van der Waals surface area (Å²) in [5.41, 5.74) is 3.40. The number of carbonyl (C=O) groups excluding carboxylic acids is 1. The number of aryl methyl sites for hydroxylation is 2. The molecular weight excluding hydrogens is 292 g/mol. The Hall–Kier alpha value is -1.03. The predicted octanol–water partition coefficient (Wildman–Crippen LogP) is 3.10. The zero-order valence-electron chi connectivity index (χ0n) is 10.9. The Balaban J connectivity index is 1.99. The first kappa shape index (κ1) is 13.4. The molecule has 1 saturated heterocycles. The average Bonchev–Trinajstić information content (AvgIpc) is 2.80. The van der Waals surface area contributed by atoms with E-state index >= 15 is 0 Å². The Labute approximate surface area is 117 Å². The molecule has 0 spiro atoms. The summed E-state index contributed by atoms with van der Waals surface area (Å²) in [5.74, 6) is 0.203. The highest BCUT2D eigenvalue weighted by Crippen LogP contribution is 2.25. The summed E-state index contributed by atoms with van der Waals surface area (Å²) in [6.07, 6.45) is 2.28. The van der Waals surface area contributed by atoms with Crippen LogP contribution in [-0.4, -0.2) is 30.4 Å². The van der Waals surface area contributed by atoms with Crippen LogP contribution in [0.5, 0.6) is 0 Å². The first-order valence-electron chi connectivity index (χ1n) is 6.36. The van der Waals surface area contributed by atoms with Crippen molar-refractivity contribution in [3.05, 3.63) is 27.7 Å². The second-order valence-corrected chi connectivity index (χ2v) is 5.77. The largest absolute Gasteiger partial charge is 0.376 e. The molecule has 2 rings (SSSR count). The van der Waals surface area contributed by atoms with Gasteiger partial charge in [-0.25, -0.2) is 0 Å². The van der Waals surface area contributed by atoms with Gasteiger partial charge in [-0.05, 0) is 49.9 Å². The van der Waals surface area contributed by atoms with Crippen LogP contribution in [0.1, 0.15) is 24.0 Å². The third-order valence-corrected chi connectivity index (χ3v) is 3.83. The van der Waals surface area contributed by atoms with Crippen LogP contribution < -0.4 is 5.32 Å². The first-order valence-corrected chi connectivity index (χ1v) is 7.15. The van der Waals surface area contributed by atoms with E-state index in [1.165, 1.54) is 0 Å². The van der Waals surface area contributed by atoms with Crippen molar-refractivity contribution in [2.75, 3.05) is 25.0 Å². The number of likely N-dealkylation sites (tertiary alicyclic amines) is 1. The maximum Gasteiger partial charge on any atom is 0.241 e. The second-order valence-electron chi connectivity index (χ2n) is 4.86. The fourth-order valence-corrected chi connectivity index (χ4v) is 3.12. The third-order valence-electron chi connectivity index (χ3n) is 3.37. The number of benzene rings is 1. The van der Waals surface area contributed by atoms with Crippen LogP contribution >= 0.6 is 15.9 Å². The van der Waals surface area contributed by atoms with Gasteiger partial charge in [0.2, 0.25) is 5.91 Å². The summed E-state index contributed by atoms with van der Waals surface area (Å²) in [4.78, 5) is 13.9. The standard InChI is InChI=1S/C14H19BrN2O/c1-10-7-12(15)8-11(2)14(10)16-9-13(18)17-5-3-4-6-17/h7-8,16H,3-6,9H2,1-2H3. The van der Waals surface area contributed by atoms with E-state index in [4.69, 9.17) is 0 Å². The highest BCUT2D eigenvalue weighted by Gasteiger charge is 2.17. The molecule has 1 N–H and O–H groups in total. The van der Waals surface area contributed by atoms with Crippen LogP contribution in [0.2, 0.25) is 0 Å². The SMILES string of the molecule is Cc1cc(Br)cc(C)c1NCC(=O)N1CCCC1. The summed E-state index contributed by atoms with van der Waals surface area (Å²) in [7, 11) is 0. The molecule has 4 heteroatoms. The number of nitrogens with one attached hydrogen (secondary N) is 1. The third kappa shape index (κ3) is 3.05. The van der Waals surface area contributed by atoms with Crippen molar-refractivity contribution in [1.82, 2.24) is 4.90 Å². The Morgan fingerprint density at radius 1 is 1.28 bits per heavy atom. The van der Waals surface area contributed by atoms with Gasteiger partial charge in [0.1, 0.15) is 0 Å². The van der Waals surface area contributed by atoms with Gasteiger partial charge < -0.3 is 10.2 Å². The van der Waals surface area contributed by atoms with Gasteiger partial charge in [0.25, 0.3) is 0 Å². The molecule has 1 aromatic carbocycles. The van der Waals surface area contributed by atoms with Crippen molar-refractivity contribution < 1.29 is 4.79 Å². The fraction of sp³-hybridized carbons (Fsp3) is 0.500. The zero-order valence-corrected chi connectivity index (χ0v) is 12.5. The topological polar surface area (TPSA) is 32.3 Å². The predicted molar refractivity (Wildman–Crippen MR) is 77.9 cm³/mol. The van der Waals surface area contributed by atoms with E-state index in [2.05, 4.69) is 47.2 Å². The molecule has 1 aromatic rings. The average molecular weight is 311 g/mol. The molecule has 0 aromatic heterocycles. The molecule has 98 valence electrons. The van der Waals surface area contributed by atoms with Crippen LogP contribution in [0.3, 0.4) is 0 Å². The lowest BCUT2D eigenvalue weighted by atomic mass is 10.1. The minimum Gasteiger partial charge on any atom is -0.376 e. The number of halogens is 1. The molecule has 1 heterocycles. The highest BCUT2D eigenvalue weighted by atomic mass is 79.9. The quantitative estimate of drug-likeness (QED) is 0.930. The van der Waals surface area contributed by atoms with Gasteiger partial charge in [-0.15, -0.1) is 0 Å². The van der Waals surface area contributed by atoms with Gasteiger partial charge in [0, 0.05) is 23.2 Å². The maximum atomic E-state index is 12.0. The zero-order chi connectivity index (χ0) is 13.1. The van der Waals surface area contributed by atoms with E-state index in [1.807, 2.05) is 4.90 Å². The van der Waals surface area contributed by atoms with Crippen LogP contribution in [0.15, 0.2) is 16.6 Å². The molecule has 0 aliphatic carbocycles. The molecule has 1 amide bonds. The summed E-state index contributed by atoms with van der Waals surface area (Å²) in [5, 5.41) is 3.27. The van der Waals surface area contributed by atoms with Crippen molar-refractivity contribution in [3.8, 4) is 0 Å². The van der Waals surface area contributed by atoms with Crippen molar-refractivity contribution in [1.29, 1.82) is 0 Å². The Bertz CT molecular complexity index is 430. The van der Waals surface area contributed by atoms with Crippen molar-refractivity contribution in [3.63, 3.8) is 0 Å². The number of amides is 1. The summed E-state index contributed by atoms with van der Waals surface area (Å²) >= 11 is 3.48. The Kier molecular flexibility index (Phi) is 4.27. The number of hydrogen-bond acceptors (Lipinski definition) is 2. The minimum absolute atomic E-state index is 0.203. The van der Waals surface area contributed by atoms with E-state index in [-0.39, 0.29) is 5.91 Å². The minimum atomic E-state index is 0.203. The molecule has 0 radical (unpaired) electrons. The molecular formula is C14H19BrN2O. The molecule has 0 bridgehead atoms. The van der Waals surface area contributed by atoms with Crippen LogP contribution in [0, 0.1) is 13.8 Å². The van der Waals surface area contributed by atoms with Gasteiger partial charge in [0.05, 0.1) is 6.54 Å². The van der Waals surface area contributed by atoms with Crippen molar-refractivity contribution >= 4 is 27.5 Å². The smallest absolute Gasteiger partial charge is 0.241 e. The second kappa shape index (κ2) is 5.74. The van der Waals surface area contributed by atoms with Crippen LogP contribution in [0.4, 0.5) is 5.69 Å². The van der Waals surface area contributed by atoms with Gasteiger partial charge in [-0.1, -0.05) is 15.9 Å². The molecule has 18 heavy (non-hydrogen) atoms. The van der Waals surface area contributed by atoms with E-state index in [0.717, 1.165) is 47.2 Å². The number of hydrogen-bond donors (Lipinski definition) is 1. The number of carbonyl (C=O) groups is 1. The van der Waals surface area contributed by atoms with E-state index in [9.17, 15) is 4.79 Å². The Morgan fingerprint density at radius 3 is 2.39 bits per heavy atom. The summed E-state index contributed by atoms with van der Waals surface area (Å²) in [6, 6.07) is 4.13. The first-order chi connectivity index (χ1) is 8.58. The number of nitrogens with zero attached hydrogens (tertiary/aromatic N) is 1. The van der Waals surface area contributed by atoms with Gasteiger partial charge >= 0.3 is 0 Å². The van der Waals surface area contributed by atoms with Crippen LogP contribution in [0.25, 0.3) is 0 Å². The van der Waals surface area contributed by atoms with Crippen LogP contribution in [-0.2, 0) is 4.79 Å². The molecule has 1 fully saturated rings.